The largest absolute Gasteiger partial charge is 0.369 e. The van der Waals surface area contributed by atoms with E-state index in [9.17, 15) is 0 Å². The normalized spacial score (nSPS) is 23.3. The first-order chi connectivity index (χ1) is 4.99. The molecule has 64 valence electrons. The number of nitrogens with zero attached hydrogens (tertiary/aromatic N) is 1. The highest BCUT2D eigenvalue weighted by Crippen LogP contribution is 2.30. The fourth-order valence-corrected chi connectivity index (χ4v) is 2.35. The van der Waals surface area contributed by atoms with Gasteiger partial charge in [0.25, 0.3) is 0 Å². The molecule has 11 heavy (non-hydrogen) atoms. The molecule has 1 rings (SSSR count). The Labute approximate surface area is 73.8 Å². The zero-order valence-corrected chi connectivity index (χ0v) is 8.66. The van der Waals surface area contributed by atoms with Crippen molar-refractivity contribution in [2.24, 2.45) is 5.41 Å². The second-order valence-electron chi connectivity index (χ2n) is 4.12. The van der Waals surface area contributed by atoms with Gasteiger partial charge < -0.3 is 4.90 Å². The van der Waals surface area contributed by atoms with Crippen molar-refractivity contribution in [3.8, 4) is 0 Å². The molecule has 1 aliphatic heterocycles. The lowest BCUT2D eigenvalue weighted by molar-refractivity contribution is 0.467. The highest BCUT2D eigenvalue weighted by Gasteiger charge is 2.16. The Morgan fingerprint density at radius 2 is 2.09 bits per heavy atom. The molecule has 0 spiro atoms. The summed E-state index contributed by atoms with van der Waals surface area (Å²) in [6.07, 6.45) is 2.35. The standard InChI is InChI=1S/C9H17NS/c1-9(2,3)7-8-10(4)5-6-11-8/h7H,5-6H2,1-4H3/b8-7-. The van der Waals surface area contributed by atoms with Crippen LogP contribution in [0.15, 0.2) is 11.1 Å². The molecule has 1 fully saturated rings. The van der Waals surface area contributed by atoms with Gasteiger partial charge in [-0.3, -0.25) is 0 Å². The summed E-state index contributed by atoms with van der Waals surface area (Å²) in [6, 6.07) is 0. The minimum Gasteiger partial charge on any atom is -0.369 e. The Kier molecular flexibility index (Phi) is 2.53. The van der Waals surface area contributed by atoms with Crippen LogP contribution in [0.4, 0.5) is 0 Å². The first kappa shape index (κ1) is 8.98. The van der Waals surface area contributed by atoms with Crippen molar-refractivity contribution in [3.63, 3.8) is 0 Å². The second kappa shape index (κ2) is 3.10. The van der Waals surface area contributed by atoms with Crippen molar-refractivity contribution in [1.29, 1.82) is 0 Å². The zero-order valence-electron chi connectivity index (χ0n) is 7.85. The Morgan fingerprint density at radius 3 is 2.45 bits per heavy atom. The van der Waals surface area contributed by atoms with Gasteiger partial charge in [0.15, 0.2) is 0 Å². The summed E-state index contributed by atoms with van der Waals surface area (Å²) in [7, 11) is 2.16. The second-order valence-corrected chi connectivity index (χ2v) is 5.23. The monoisotopic (exact) mass is 171 g/mol. The van der Waals surface area contributed by atoms with E-state index in [0.29, 0.717) is 5.41 Å². The molecule has 1 aliphatic rings. The predicted molar refractivity (Wildman–Crippen MR) is 52.6 cm³/mol. The zero-order chi connectivity index (χ0) is 8.48. The lowest BCUT2D eigenvalue weighted by Gasteiger charge is -2.17. The molecule has 1 nitrogen and oxygen atoms in total. The minimum absolute atomic E-state index is 0.320. The maximum Gasteiger partial charge on any atom is 0.0670 e. The van der Waals surface area contributed by atoms with Crippen LogP contribution in [0, 0.1) is 5.41 Å². The summed E-state index contributed by atoms with van der Waals surface area (Å²) in [5.41, 5.74) is 0.320. The topological polar surface area (TPSA) is 3.24 Å². The first-order valence-electron chi connectivity index (χ1n) is 4.06. The van der Waals surface area contributed by atoms with Crippen LogP contribution in [-0.4, -0.2) is 24.2 Å². The molecule has 0 aromatic heterocycles. The van der Waals surface area contributed by atoms with E-state index in [4.69, 9.17) is 0 Å². The maximum atomic E-state index is 2.35. The van der Waals surface area contributed by atoms with Gasteiger partial charge >= 0.3 is 0 Å². The Morgan fingerprint density at radius 1 is 1.45 bits per heavy atom. The van der Waals surface area contributed by atoms with Gasteiger partial charge in [0.2, 0.25) is 0 Å². The highest BCUT2D eigenvalue weighted by molar-refractivity contribution is 8.03. The van der Waals surface area contributed by atoms with Crippen molar-refractivity contribution >= 4 is 11.8 Å². The average molecular weight is 171 g/mol. The van der Waals surface area contributed by atoms with E-state index in [2.05, 4.69) is 38.8 Å². The fraction of sp³-hybridized carbons (Fsp3) is 0.778. The van der Waals surface area contributed by atoms with Gasteiger partial charge in [-0.15, -0.1) is 11.8 Å². The minimum atomic E-state index is 0.320. The van der Waals surface area contributed by atoms with E-state index >= 15 is 0 Å². The maximum absolute atomic E-state index is 2.35. The van der Waals surface area contributed by atoms with Crippen LogP contribution in [0.1, 0.15) is 20.8 Å². The molecule has 0 aliphatic carbocycles. The van der Waals surface area contributed by atoms with Crippen LogP contribution < -0.4 is 0 Å². The first-order valence-corrected chi connectivity index (χ1v) is 5.04. The van der Waals surface area contributed by atoms with Crippen molar-refractivity contribution in [2.45, 2.75) is 20.8 Å². The number of allylic oxidation sites excluding steroid dienone is 1. The third-order valence-corrected chi connectivity index (χ3v) is 2.72. The van der Waals surface area contributed by atoms with Gasteiger partial charge in [-0.2, -0.15) is 0 Å². The average Bonchev–Trinajstić information content (AvgIpc) is 2.12. The van der Waals surface area contributed by atoms with Gasteiger partial charge in [-0.05, 0) is 11.5 Å². The summed E-state index contributed by atoms with van der Waals surface area (Å²) < 4.78 is 0. The van der Waals surface area contributed by atoms with Gasteiger partial charge in [-0.1, -0.05) is 20.8 Å². The predicted octanol–water partition coefficient (Wildman–Crippen LogP) is 2.55. The number of thioether (sulfide) groups is 1. The van der Waals surface area contributed by atoms with E-state index in [1.807, 2.05) is 11.8 Å². The van der Waals surface area contributed by atoms with Crippen LogP contribution in [-0.2, 0) is 0 Å². The summed E-state index contributed by atoms with van der Waals surface area (Å²) >= 11 is 1.96. The van der Waals surface area contributed by atoms with Gasteiger partial charge in [0, 0.05) is 19.3 Å². The Bertz CT molecular complexity index is 167. The molecule has 0 bridgehead atoms. The molecule has 0 N–H and O–H groups in total. The molecule has 0 amide bonds. The number of hydrogen-bond donors (Lipinski definition) is 0. The lowest BCUT2D eigenvalue weighted by Crippen LogP contribution is -2.13. The van der Waals surface area contributed by atoms with Crippen molar-refractivity contribution in [2.75, 3.05) is 19.3 Å². The van der Waals surface area contributed by atoms with Gasteiger partial charge in [0.05, 0.1) is 5.03 Å². The number of rotatable bonds is 0. The molecule has 0 radical (unpaired) electrons. The van der Waals surface area contributed by atoms with E-state index in [1.54, 1.807) is 0 Å². The highest BCUT2D eigenvalue weighted by atomic mass is 32.2. The SMILES string of the molecule is CN1CCS/C1=C\C(C)(C)C. The molecular weight excluding hydrogens is 154 g/mol. The van der Waals surface area contributed by atoms with E-state index in [-0.39, 0.29) is 0 Å². The Balaban J connectivity index is 2.65. The van der Waals surface area contributed by atoms with Crippen LogP contribution in [0.5, 0.6) is 0 Å². The number of hydrogen-bond acceptors (Lipinski definition) is 2. The third kappa shape index (κ3) is 2.78. The van der Waals surface area contributed by atoms with Crippen LogP contribution >= 0.6 is 11.8 Å². The molecule has 1 heterocycles. The molecule has 0 aromatic rings. The van der Waals surface area contributed by atoms with Crippen molar-refractivity contribution < 1.29 is 0 Å². The lowest BCUT2D eigenvalue weighted by atomic mass is 9.97. The molecule has 1 saturated heterocycles. The van der Waals surface area contributed by atoms with Gasteiger partial charge in [-0.25, -0.2) is 0 Å². The smallest absolute Gasteiger partial charge is 0.0670 e. The molecule has 0 saturated carbocycles. The quantitative estimate of drug-likeness (QED) is 0.551. The van der Waals surface area contributed by atoms with E-state index in [1.165, 1.54) is 17.3 Å². The molecular formula is C9H17NS. The van der Waals surface area contributed by atoms with Crippen molar-refractivity contribution in [1.82, 2.24) is 4.90 Å². The third-order valence-electron chi connectivity index (χ3n) is 1.61. The summed E-state index contributed by atoms with van der Waals surface area (Å²) in [4.78, 5) is 2.33. The van der Waals surface area contributed by atoms with Crippen LogP contribution in [0.2, 0.25) is 0 Å². The molecule has 0 unspecified atom stereocenters. The summed E-state index contributed by atoms with van der Waals surface area (Å²) in [5, 5.41) is 1.44. The van der Waals surface area contributed by atoms with Crippen LogP contribution in [0.25, 0.3) is 0 Å². The molecule has 0 aromatic carbocycles. The summed E-state index contributed by atoms with van der Waals surface area (Å²) in [6.45, 7) is 7.93. The Hall–Kier alpha value is -0.110. The fourth-order valence-electron chi connectivity index (χ4n) is 1.03. The molecule has 0 atom stereocenters. The molecule has 2 heteroatoms. The van der Waals surface area contributed by atoms with Gasteiger partial charge in [0.1, 0.15) is 0 Å². The van der Waals surface area contributed by atoms with Crippen molar-refractivity contribution in [3.05, 3.63) is 11.1 Å². The van der Waals surface area contributed by atoms with Crippen LogP contribution in [0.3, 0.4) is 0 Å². The summed E-state index contributed by atoms with van der Waals surface area (Å²) in [5.74, 6) is 1.25. The van der Waals surface area contributed by atoms with E-state index < -0.39 is 0 Å². The van der Waals surface area contributed by atoms with E-state index in [0.717, 1.165) is 0 Å².